The lowest BCUT2D eigenvalue weighted by Crippen LogP contribution is -2.29. The molecule has 27 heavy (non-hydrogen) atoms. The van der Waals surface area contributed by atoms with E-state index >= 15 is 0 Å². The fourth-order valence-electron chi connectivity index (χ4n) is 2.47. The number of aromatic nitrogens is 3. The number of hydrogen-bond donors (Lipinski definition) is 1. The first-order chi connectivity index (χ1) is 13.2. The number of ether oxygens (including phenoxy) is 1. The predicted molar refractivity (Wildman–Crippen MR) is 103 cm³/mol. The minimum Gasteiger partial charge on any atom is -0.497 e. The highest BCUT2D eigenvalue weighted by Gasteiger charge is 2.13. The van der Waals surface area contributed by atoms with E-state index in [1.165, 1.54) is 6.20 Å². The van der Waals surface area contributed by atoms with Gasteiger partial charge in [-0.05, 0) is 48.4 Å². The molecular formula is C20H21N5O2. The number of carbonyl (C=O) groups excluding carboxylic acids is 1. The van der Waals surface area contributed by atoms with Crippen molar-refractivity contribution in [2.75, 3.05) is 26.0 Å². The number of hydrogen-bond acceptors (Lipinski definition) is 6. The van der Waals surface area contributed by atoms with Crippen molar-refractivity contribution in [3.63, 3.8) is 0 Å². The van der Waals surface area contributed by atoms with Gasteiger partial charge in [0.1, 0.15) is 17.3 Å². The molecule has 1 N–H and O–H groups in total. The molecule has 3 rings (SSSR count). The van der Waals surface area contributed by atoms with Crippen molar-refractivity contribution in [1.82, 2.24) is 19.9 Å². The summed E-state index contributed by atoms with van der Waals surface area (Å²) < 4.78 is 5.13. The summed E-state index contributed by atoms with van der Waals surface area (Å²) in [6.45, 7) is 0.594. The number of pyridine rings is 1. The molecule has 7 nitrogen and oxygen atoms in total. The maximum Gasteiger partial charge on any atom is 0.273 e. The Hall–Kier alpha value is -3.48. The summed E-state index contributed by atoms with van der Waals surface area (Å²) in [7, 11) is 3.38. The van der Waals surface area contributed by atoms with Gasteiger partial charge >= 0.3 is 0 Å². The predicted octanol–water partition coefficient (Wildman–Crippen LogP) is 2.94. The summed E-state index contributed by atoms with van der Waals surface area (Å²) >= 11 is 0. The van der Waals surface area contributed by atoms with Crippen molar-refractivity contribution in [1.29, 1.82) is 0 Å². The van der Waals surface area contributed by atoms with Crippen molar-refractivity contribution in [3.8, 4) is 5.75 Å². The second kappa shape index (κ2) is 8.75. The fraction of sp³-hybridized carbons (Fsp3) is 0.200. The van der Waals surface area contributed by atoms with Crippen LogP contribution in [0.4, 0.5) is 11.5 Å². The number of benzene rings is 1. The normalized spacial score (nSPS) is 10.3. The molecule has 1 amide bonds. The summed E-state index contributed by atoms with van der Waals surface area (Å²) in [4.78, 5) is 26.6. The molecule has 2 heterocycles. The molecule has 0 unspecified atom stereocenters. The van der Waals surface area contributed by atoms with Gasteiger partial charge < -0.3 is 15.0 Å². The number of anilines is 2. The summed E-state index contributed by atoms with van der Waals surface area (Å²) in [5.74, 6) is 1.19. The second-order valence-electron chi connectivity index (χ2n) is 5.97. The number of rotatable bonds is 7. The number of methoxy groups -OCH3 is 1. The third-order valence-electron chi connectivity index (χ3n) is 4.07. The molecule has 1 aromatic carbocycles. The minimum absolute atomic E-state index is 0.160. The molecule has 2 aromatic heterocycles. The zero-order chi connectivity index (χ0) is 19.1. The topological polar surface area (TPSA) is 80.2 Å². The summed E-state index contributed by atoms with van der Waals surface area (Å²) in [6.07, 6.45) is 7.29. The van der Waals surface area contributed by atoms with Gasteiger partial charge in [0, 0.05) is 31.7 Å². The lowest BCUT2D eigenvalue weighted by Gasteiger charge is -2.16. The molecular weight excluding hydrogens is 342 g/mol. The first-order valence-corrected chi connectivity index (χ1v) is 8.53. The maximum absolute atomic E-state index is 12.5. The van der Waals surface area contributed by atoms with Gasteiger partial charge in [-0.25, -0.2) is 9.97 Å². The fourth-order valence-corrected chi connectivity index (χ4v) is 2.47. The molecule has 0 saturated carbocycles. The molecule has 0 radical (unpaired) electrons. The van der Waals surface area contributed by atoms with E-state index in [1.807, 2.05) is 36.4 Å². The van der Waals surface area contributed by atoms with E-state index in [4.69, 9.17) is 4.74 Å². The molecule has 7 heteroatoms. The van der Waals surface area contributed by atoms with Crippen LogP contribution in [0.5, 0.6) is 5.75 Å². The quantitative estimate of drug-likeness (QED) is 0.695. The van der Waals surface area contributed by atoms with Crippen LogP contribution in [0.2, 0.25) is 0 Å². The van der Waals surface area contributed by atoms with Crippen LogP contribution in [-0.4, -0.2) is 46.5 Å². The highest BCUT2D eigenvalue weighted by atomic mass is 16.5. The van der Waals surface area contributed by atoms with Crippen LogP contribution in [0, 0.1) is 0 Å². The molecule has 0 saturated heterocycles. The van der Waals surface area contributed by atoms with Gasteiger partial charge in [-0.2, -0.15) is 0 Å². The Balaban J connectivity index is 1.57. The van der Waals surface area contributed by atoms with Gasteiger partial charge in [-0.3, -0.25) is 9.78 Å². The standard InChI is InChI=1S/C20H21N5O2/c1-25(12-9-15-7-10-21-11-8-15)20(26)18-13-23-19(14-22-18)24-16-3-5-17(27-2)6-4-16/h3-8,10-11,13-14H,9,12H2,1-2H3,(H,23,24). The Morgan fingerprint density at radius 2 is 1.81 bits per heavy atom. The van der Waals surface area contributed by atoms with Crippen molar-refractivity contribution in [2.24, 2.45) is 0 Å². The third-order valence-corrected chi connectivity index (χ3v) is 4.07. The van der Waals surface area contributed by atoms with Gasteiger partial charge in [0.05, 0.1) is 19.5 Å². The number of carbonyl (C=O) groups is 1. The number of likely N-dealkylation sites (N-methyl/N-ethyl adjacent to an activating group) is 1. The zero-order valence-electron chi connectivity index (χ0n) is 15.3. The molecule has 0 aliphatic rings. The lowest BCUT2D eigenvalue weighted by atomic mass is 10.2. The Labute approximate surface area is 158 Å². The van der Waals surface area contributed by atoms with Gasteiger partial charge in [0.25, 0.3) is 5.91 Å². The molecule has 0 aliphatic heterocycles. The Kier molecular flexibility index (Phi) is 5.94. The Morgan fingerprint density at radius 1 is 1.07 bits per heavy atom. The minimum atomic E-state index is -0.160. The van der Waals surface area contributed by atoms with Crippen molar-refractivity contribution in [3.05, 3.63) is 72.4 Å². The van der Waals surface area contributed by atoms with E-state index in [-0.39, 0.29) is 5.91 Å². The SMILES string of the molecule is COc1ccc(Nc2cnc(C(=O)N(C)CCc3ccncc3)cn2)cc1. The van der Waals surface area contributed by atoms with Crippen LogP contribution in [0.25, 0.3) is 0 Å². The lowest BCUT2D eigenvalue weighted by molar-refractivity contribution is 0.0790. The molecule has 0 fully saturated rings. The van der Waals surface area contributed by atoms with E-state index in [9.17, 15) is 4.79 Å². The average molecular weight is 363 g/mol. The van der Waals surface area contributed by atoms with Gasteiger partial charge in [-0.15, -0.1) is 0 Å². The van der Waals surface area contributed by atoms with E-state index in [0.29, 0.717) is 18.1 Å². The second-order valence-corrected chi connectivity index (χ2v) is 5.97. The van der Waals surface area contributed by atoms with Crippen molar-refractivity contribution < 1.29 is 9.53 Å². The number of nitrogens with zero attached hydrogens (tertiary/aromatic N) is 4. The zero-order valence-corrected chi connectivity index (χ0v) is 15.3. The van der Waals surface area contributed by atoms with Crippen LogP contribution in [-0.2, 0) is 6.42 Å². The van der Waals surface area contributed by atoms with Crippen LogP contribution in [0.3, 0.4) is 0 Å². The van der Waals surface area contributed by atoms with Crippen LogP contribution in [0.15, 0.2) is 61.2 Å². The Morgan fingerprint density at radius 3 is 2.44 bits per heavy atom. The van der Waals surface area contributed by atoms with Crippen molar-refractivity contribution >= 4 is 17.4 Å². The largest absolute Gasteiger partial charge is 0.497 e. The summed E-state index contributed by atoms with van der Waals surface area (Å²) in [6, 6.07) is 11.4. The average Bonchev–Trinajstić information content (AvgIpc) is 2.73. The highest BCUT2D eigenvalue weighted by Crippen LogP contribution is 2.18. The number of nitrogens with one attached hydrogen (secondary N) is 1. The molecule has 0 aliphatic carbocycles. The Bertz CT molecular complexity index is 867. The monoisotopic (exact) mass is 363 g/mol. The van der Waals surface area contributed by atoms with E-state index in [2.05, 4.69) is 20.3 Å². The van der Waals surface area contributed by atoms with Crippen LogP contribution < -0.4 is 10.1 Å². The third kappa shape index (κ3) is 5.01. The summed E-state index contributed by atoms with van der Waals surface area (Å²) in [5.41, 5.74) is 2.31. The molecule has 0 atom stereocenters. The first-order valence-electron chi connectivity index (χ1n) is 8.53. The van der Waals surface area contributed by atoms with Crippen LogP contribution in [0.1, 0.15) is 16.1 Å². The van der Waals surface area contributed by atoms with Gasteiger partial charge in [0.2, 0.25) is 0 Å². The van der Waals surface area contributed by atoms with E-state index < -0.39 is 0 Å². The van der Waals surface area contributed by atoms with Gasteiger partial charge in [0.15, 0.2) is 0 Å². The number of amides is 1. The molecule has 0 bridgehead atoms. The first kappa shape index (κ1) is 18.3. The summed E-state index contributed by atoms with van der Waals surface area (Å²) in [5, 5.41) is 3.14. The molecule has 138 valence electrons. The van der Waals surface area contributed by atoms with E-state index in [0.717, 1.165) is 23.4 Å². The molecule has 3 aromatic rings. The van der Waals surface area contributed by atoms with Crippen LogP contribution >= 0.6 is 0 Å². The van der Waals surface area contributed by atoms with Crippen molar-refractivity contribution in [2.45, 2.75) is 6.42 Å². The van der Waals surface area contributed by atoms with E-state index in [1.54, 1.807) is 37.6 Å². The molecule has 0 spiro atoms. The highest BCUT2D eigenvalue weighted by molar-refractivity contribution is 5.91. The maximum atomic E-state index is 12.5. The smallest absolute Gasteiger partial charge is 0.273 e. The van der Waals surface area contributed by atoms with Gasteiger partial charge in [-0.1, -0.05) is 0 Å².